The van der Waals surface area contributed by atoms with Crippen molar-refractivity contribution in [3.05, 3.63) is 45.3 Å². The van der Waals surface area contributed by atoms with Crippen molar-refractivity contribution in [3.63, 3.8) is 0 Å². The molecule has 0 amide bonds. The van der Waals surface area contributed by atoms with Crippen molar-refractivity contribution in [3.8, 4) is 10.4 Å². The summed E-state index contributed by atoms with van der Waals surface area (Å²) in [6.45, 7) is 8.17. The summed E-state index contributed by atoms with van der Waals surface area (Å²) in [5.74, 6) is 0. The van der Waals surface area contributed by atoms with Crippen molar-refractivity contribution in [2.75, 3.05) is 0 Å². The highest BCUT2D eigenvalue weighted by atomic mass is 32.1. The van der Waals surface area contributed by atoms with E-state index in [0.717, 1.165) is 21.8 Å². The number of aromatic amines is 1. The first-order chi connectivity index (χ1) is 9.38. The normalized spacial score (nSPS) is 12.2. The van der Waals surface area contributed by atoms with Crippen LogP contribution >= 0.6 is 11.3 Å². The summed E-state index contributed by atoms with van der Waals surface area (Å²) in [5.41, 5.74) is 3.30. The Labute approximate surface area is 121 Å². The highest BCUT2D eigenvalue weighted by Crippen LogP contribution is 2.31. The van der Waals surface area contributed by atoms with Crippen molar-refractivity contribution < 1.29 is 0 Å². The van der Waals surface area contributed by atoms with Gasteiger partial charge < -0.3 is 0 Å². The Morgan fingerprint density at radius 2 is 2.10 bits per heavy atom. The third-order valence-corrected chi connectivity index (χ3v) is 4.22. The summed E-state index contributed by atoms with van der Waals surface area (Å²) in [7, 11) is 0. The van der Waals surface area contributed by atoms with Gasteiger partial charge in [-0.25, -0.2) is 9.50 Å². The summed E-state index contributed by atoms with van der Waals surface area (Å²) < 4.78 is 1.53. The van der Waals surface area contributed by atoms with Crippen molar-refractivity contribution in [2.45, 2.75) is 33.1 Å². The monoisotopic (exact) mass is 287 g/mol. The Hall–Kier alpha value is -1.88. The van der Waals surface area contributed by atoms with E-state index in [2.05, 4.69) is 31.9 Å². The van der Waals surface area contributed by atoms with E-state index in [1.54, 1.807) is 17.4 Å². The molecule has 3 heterocycles. The molecular formula is C15H17N3OS. The fraction of sp³-hybridized carbons (Fsp3) is 0.333. The van der Waals surface area contributed by atoms with E-state index in [9.17, 15) is 4.79 Å². The smallest absolute Gasteiger partial charge is 0.272 e. The topological polar surface area (TPSA) is 50.2 Å². The average Bonchev–Trinajstić information content (AvgIpc) is 2.94. The average molecular weight is 287 g/mol. The maximum absolute atomic E-state index is 12.3. The van der Waals surface area contributed by atoms with Gasteiger partial charge in [0.2, 0.25) is 0 Å². The van der Waals surface area contributed by atoms with E-state index in [4.69, 9.17) is 4.98 Å². The molecule has 0 saturated carbocycles. The van der Waals surface area contributed by atoms with E-state index in [0.29, 0.717) is 5.65 Å². The van der Waals surface area contributed by atoms with Crippen molar-refractivity contribution in [2.24, 2.45) is 0 Å². The minimum absolute atomic E-state index is 0.0640. The Morgan fingerprint density at radius 3 is 2.70 bits per heavy atom. The van der Waals surface area contributed by atoms with Crippen LogP contribution in [0.4, 0.5) is 0 Å². The van der Waals surface area contributed by atoms with E-state index >= 15 is 0 Å². The van der Waals surface area contributed by atoms with Crippen molar-refractivity contribution in [1.29, 1.82) is 0 Å². The van der Waals surface area contributed by atoms with Crippen LogP contribution in [0.3, 0.4) is 0 Å². The molecule has 0 unspecified atom stereocenters. The van der Waals surface area contributed by atoms with Crippen LogP contribution < -0.4 is 5.56 Å². The zero-order valence-corrected chi connectivity index (χ0v) is 12.8. The quantitative estimate of drug-likeness (QED) is 0.746. The molecule has 4 nitrogen and oxygen atoms in total. The first kappa shape index (κ1) is 13.1. The fourth-order valence-electron chi connectivity index (χ4n) is 2.25. The molecular weight excluding hydrogens is 270 g/mol. The van der Waals surface area contributed by atoms with Gasteiger partial charge in [-0.15, -0.1) is 11.3 Å². The molecule has 0 spiro atoms. The van der Waals surface area contributed by atoms with Gasteiger partial charge in [0, 0.05) is 22.1 Å². The number of hydrogen-bond acceptors (Lipinski definition) is 3. The lowest BCUT2D eigenvalue weighted by atomic mass is 9.92. The minimum Gasteiger partial charge on any atom is -0.293 e. The number of nitrogens with zero attached hydrogens (tertiary/aromatic N) is 2. The number of aryl methyl sites for hydroxylation is 1. The number of H-pyrrole nitrogens is 1. The molecule has 0 aromatic carbocycles. The van der Waals surface area contributed by atoms with Crippen molar-refractivity contribution in [1.82, 2.24) is 14.6 Å². The summed E-state index contributed by atoms with van der Waals surface area (Å²) in [6, 6.07) is 5.67. The molecule has 3 aromatic rings. The first-order valence-electron chi connectivity index (χ1n) is 6.54. The predicted molar refractivity (Wildman–Crippen MR) is 82.6 cm³/mol. The SMILES string of the molecule is Cc1[nH]n2c(=O)cc(C(C)(C)C)nc2c1-c1cccs1. The second-order valence-electron chi connectivity index (χ2n) is 5.98. The van der Waals surface area contributed by atoms with Gasteiger partial charge in [0.05, 0.1) is 11.3 Å². The molecule has 104 valence electrons. The Balaban J connectivity index is 2.39. The van der Waals surface area contributed by atoms with Crippen LogP contribution in [-0.2, 0) is 5.41 Å². The number of rotatable bonds is 1. The van der Waals surface area contributed by atoms with Gasteiger partial charge in [0.1, 0.15) is 0 Å². The third-order valence-electron chi connectivity index (χ3n) is 3.33. The fourth-order valence-corrected chi connectivity index (χ4v) is 3.07. The minimum atomic E-state index is -0.147. The lowest BCUT2D eigenvalue weighted by Crippen LogP contribution is -2.22. The van der Waals surface area contributed by atoms with Crippen LogP contribution in [0, 0.1) is 6.92 Å². The van der Waals surface area contributed by atoms with Gasteiger partial charge in [0.25, 0.3) is 5.56 Å². The predicted octanol–water partition coefficient (Wildman–Crippen LogP) is 3.36. The zero-order chi connectivity index (χ0) is 14.5. The summed E-state index contributed by atoms with van der Waals surface area (Å²) in [4.78, 5) is 18.1. The molecule has 3 rings (SSSR count). The standard InChI is InChI=1S/C15H17N3OS/c1-9-13(10-6-5-7-20-10)14-16-11(15(2,3)4)8-12(19)18(14)17-9/h5-8,17H,1-4H3. The second-order valence-corrected chi connectivity index (χ2v) is 6.93. The lowest BCUT2D eigenvalue weighted by molar-refractivity contribution is 0.566. The Kier molecular flexibility index (Phi) is 2.83. The Bertz CT molecular complexity index is 819. The maximum Gasteiger partial charge on any atom is 0.272 e. The molecule has 0 radical (unpaired) electrons. The van der Waals surface area contributed by atoms with E-state index in [1.807, 2.05) is 18.4 Å². The molecule has 0 saturated heterocycles. The van der Waals surface area contributed by atoms with Crippen LogP contribution in [0.5, 0.6) is 0 Å². The summed E-state index contributed by atoms with van der Waals surface area (Å²) >= 11 is 1.65. The summed E-state index contributed by atoms with van der Waals surface area (Å²) in [5, 5.41) is 5.14. The lowest BCUT2D eigenvalue weighted by Gasteiger charge is -2.17. The largest absolute Gasteiger partial charge is 0.293 e. The van der Waals surface area contributed by atoms with Crippen LogP contribution in [0.2, 0.25) is 0 Å². The Morgan fingerprint density at radius 1 is 1.35 bits per heavy atom. The highest BCUT2D eigenvalue weighted by Gasteiger charge is 2.20. The molecule has 1 N–H and O–H groups in total. The summed E-state index contributed by atoms with van der Waals surface area (Å²) in [6.07, 6.45) is 0. The molecule has 0 aliphatic rings. The highest BCUT2D eigenvalue weighted by molar-refractivity contribution is 7.13. The molecule has 0 bridgehead atoms. The number of thiophene rings is 1. The van der Waals surface area contributed by atoms with Gasteiger partial charge in [-0.2, -0.15) is 0 Å². The zero-order valence-electron chi connectivity index (χ0n) is 12.0. The van der Waals surface area contributed by atoms with Gasteiger partial charge in [0.15, 0.2) is 5.65 Å². The molecule has 0 fully saturated rings. The number of aromatic nitrogens is 3. The molecule has 5 heteroatoms. The second kappa shape index (κ2) is 4.31. The van der Waals surface area contributed by atoms with Gasteiger partial charge >= 0.3 is 0 Å². The van der Waals surface area contributed by atoms with E-state index < -0.39 is 0 Å². The van der Waals surface area contributed by atoms with Crippen LogP contribution in [0.15, 0.2) is 28.4 Å². The number of nitrogens with one attached hydrogen (secondary N) is 1. The van der Waals surface area contributed by atoms with Crippen LogP contribution in [-0.4, -0.2) is 14.6 Å². The van der Waals surface area contributed by atoms with E-state index in [1.165, 1.54) is 4.52 Å². The molecule has 3 aromatic heterocycles. The first-order valence-corrected chi connectivity index (χ1v) is 7.42. The van der Waals surface area contributed by atoms with Gasteiger partial charge in [-0.1, -0.05) is 26.8 Å². The van der Waals surface area contributed by atoms with Crippen LogP contribution in [0.25, 0.3) is 16.1 Å². The maximum atomic E-state index is 12.3. The van der Waals surface area contributed by atoms with Crippen LogP contribution in [0.1, 0.15) is 32.2 Å². The molecule has 0 aliphatic carbocycles. The molecule has 20 heavy (non-hydrogen) atoms. The van der Waals surface area contributed by atoms with E-state index in [-0.39, 0.29) is 11.0 Å². The van der Waals surface area contributed by atoms with Crippen molar-refractivity contribution >= 4 is 17.0 Å². The number of fused-ring (bicyclic) bond motifs is 1. The third kappa shape index (κ3) is 1.98. The molecule has 0 aliphatic heterocycles. The number of hydrogen-bond donors (Lipinski definition) is 1. The van der Waals surface area contributed by atoms with Gasteiger partial charge in [-0.05, 0) is 18.4 Å². The van der Waals surface area contributed by atoms with Gasteiger partial charge in [-0.3, -0.25) is 9.89 Å². The molecule has 0 atom stereocenters.